The van der Waals surface area contributed by atoms with Crippen molar-refractivity contribution in [1.82, 2.24) is 4.90 Å². The van der Waals surface area contributed by atoms with Gasteiger partial charge in [0.2, 0.25) is 0 Å². The zero-order chi connectivity index (χ0) is 13.8. The fraction of sp³-hybridized carbons (Fsp3) is 0.533. The number of likely N-dealkylation sites (tertiary alicyclic amines) is 1. The first-order valence-corrected chi connectivity index (χ1v) is 6.94. The minimum atomic E-state index is -0.870. The summed E-state index contributed by atoms with van der Waals surface area (Å²) in [5, 5.41) is 12.6. The van der Waals surface area contributed by atoms with Crippen molar-refractivity contribution in [2.45, 2.75) is 32.7 Å². The van der Waals surface area contributed by atoms with Crippen LogP contribution in [-0.4, -0.2) is 41.7 Å². The van der Waals surface area contributed by atoms with Crippen molar-refractivity contribution in [3.8, 4) is 0 Å². The third kappa shape index (κ3) is 3.07. The number of carboxylic acid groups (broad SMARTS) is 1. The van der Waals surface area contributed by atoms with Crippen LogP contribution in [-0.2, 0) is 0 Å². The molecular formula is C15H22N2O2. The molecule has 1 saturated heterocycles. The van der Waals surface area contributed by atoms with Gasteiger partial charge in [0.25, 0.3) is 0 Å². The van der Waals surface area contributed by atoms with Crippen LogP contribution in [0.2, 0.25) is 0 Å². The van der Waals surface area contributed by atoms with Crippen molar-refractivity contribution >= 4 is 11.7 Å². The van der Waals surface area contributed by atoms with Gasteiger partial charge in [0.15, 0.2) is 0 Å². The largest absolute Gasteiger partial charge is 0.478 e. The lowest BCUT2D eigenvalue weighted by atomic mass is 10.1. The maximum atomic E-state index is 11.2. The molecule has 0 aromatic heterocycles. The number of carboxylic acids is 1. The predicted molar refractivity (Wildman–Crippen MR) is 76.9 cm³/mol. The van der Waals surface area contributed by atoms with E-state index in [1.807, 2.05) is 13.0 Å². The summed E-state index contributed by atoms with van der Waals surface area (Å²) < 4.78 is 0. The molecule has 1 aromatic rings. The van der Waals surface area contributed by atoms with Crippen LogP contribution >= 0.6 is 0 Å². The molecule has 0 bridgehead atoms. The van der Waals surface area contributed by atoms with Crippen LogP contribution in [0, 0.1) is 6.92 Å². The van der Waals surface area contributed by atoms with E-state index in [4.69, 9.17) is 0 Å². The van der Waals surface area contributed by atoms with Gasteiger partial charge in [0.05, 0.1) is 11.3 Å². The number of hydrogen-bond donors (Lipinski definition) is 2. The molecule has 4 heteroatoms. The molecule has 2 N–H and O–H groups in total. The van der Waals surface area contributed by atoms with Gasteiger partial charge < -0.3 is 10.4 Å². The van der Waals surface area contributed by atoms with E-state index in [9.17, 15) is 9.90 Å². The fourth-order valence-electron chi connectivity index (χ4n) is 2.84. The van der Waals surface area contributed by atoms with Crippen LogP contribution in [0.3, 0.4) is 0 Å². The number of benzene rings is 1. The number of nitrogens with zero attached hydrogens (tertiary/aromatic N) is 1. The van der Waals surface area contributed by atoms with Crippen molar-refractivity contribution in [2.24, 2.45) is 0 Å². The Hall–Kier alpha value is -1.55. The zero-order valence-corrected chi connectivity index (χ0v) is 11.6. The van der Waals surface area contributed by atoms with E-state index in [1.54, 1.807) is 12.1 Å². The average Bonchev–Trinajstić information content (AvgIpc) is 2.84. The Kier molecular flexibility index (Phi) is 4.43. The van der Waals surface area contributed by atoms with Gasteiger partial charge in [0, 0.05) is 12.6 Å². The van der Waals surface area contributed by atoms with Crippen molar-refractivity contribution in [1.29, 1.82) is 0 Å². The van der Waals surface area contributed by atoms with Crippen molar-refractivity contribution in [3.05, 3.63) is 29.3 Å². The summed E-state index contributed by atoms with van der Waals surface area (Å²) in [5.41, 5.74) is 2.11. The normalized spacial score (nSPS) is 19.6. The topological polar surface area (TPSA) is 52.6 Å². The van der Waals surface area contributed by atoms with Gasteiger partial charge >= 0.3 is 5.97 Å². The van der Waals surface area contributed by atoms with Gasteiger partial charge in [-0.3, -0.25) is 4.90 Å². The molecule has 1 atom stereocenters. The Labute approximate surface area is 114 Å². The number of likely N-dealkylation sites (N-methyl/N-ethyl adjacent to an activating group) is 1. The highest BCUT2D eigenvalue weighted by Gasteiger charge is 2.23. The van der Waals surface area contributed by atoms with Crippen LogP contribution in [0.5, 0.6) is 0 Å². The molecule has 2 rings (SSSR count). The summed E-state index contributed by atoms with van der Waals surface area (Å²) in [5.74, 6) is -0.870. The second-order valence-electron chi connectivity index (χ2n) is 5.11. The highest BCUT2D eigenvalue weighted by atomic mass is 16.4. The Balaban J connectivity index is 2.09. The third-order valence-corrected chi connectivity index (χ3v) is 3.92. The zero-order valence-electron chi connectivity index (χ0n) is 11.6. The molecule has 1 fully saturated rings. The highest BCUT2D eigenvalue weighted by Crippen LogP contribution is 2.23. The number of aryl methyl sites for hydroxylation is 1. The minimum absolute atomic E-state index is 0.362. The number of rotatable bonds is 5. The third-order valence-electron chi connectivity index (χ3n) is 3.92. The molecule has 0 radical (unpaired) electrons. The number of carbonyl (C=O) groups is 1. The standard InChI is InChI=1S/C15H22N2O2/c1-3-17-9-5-7-12(17)10-16-14-11(2)6-4-8-13(14)15(18)19/h4,6,8,12,16H,3,5,7,9-10H2,1-2H3,(H,18,19). The first kappa shape index (κ1) is 13.9. The van der Waals surface area contributed by atoms with E-state index in [1.165, 1.54) is 12.8 Å². The molecule has 1 aromatic carbocycles. The average molecular weight is 262 g/mol. The summed E-state index contributed by atoms with van der Waals surface area (Å²) in [6.45, 7) is 7.16. The van der Waals surface area contributed by atoms with Gasteiger partial charge in [-0.15, -0.1) is 0 Å². The van der Waals surface area contributed by atoms with Gasteiger partial charge in [0.1, 0.15) is 0 Å². The quantitative estimate of drug-likeness (QED) is 0.856. The predicted octanol–water partition coefficient (Wildman–Crippen LogP) is 2.59. The Morgan fingerprint density at radius 1 is 1.53 bits per heavy atom. The molecule has 104 valence electrons. The number of aromatic carboxylic acids is 1. The van der Waals surface area contributed by atoms with E-state index < -0.39 is 5.97 Å². The number of anilines is 1. The second-order valence-corrected chi connectivity index (χ2v) is 5.11. The monoisotopic (exact) mass is 262 g/mol. The first-order valence-electron chi connectivity index (χ1n) is 6.94. The van der Waals surface area contributed by atoms with Gasteiger partial charge in [-0.25, -0.2) is 4.79 Å². The molecule has 19 heavy (non-hydrogen) atoms. The Morgan fingerprint density at radius 2 is 2.32 bits per heavy atom. The van der Waals surface area contributed by atoms with Crippen LogP contribution in [0.1, 0.15) is 35.7 Å². The minimum Gasteiger partial charge on any atom is -0.478 e. The summed E-state index contributed by atoms with van der Waals surface area (Å²) in [6, 6.07) is 5.91. The lowest BCUT2D eigenvalue weighted by Gasteiger charge is -2.24. The van der Waals surface area contributed by atoms with Crippen LogP contribution < -0.4 is 5.32 Å². The smallest absolute Gasteiger partial charge is 0.337 e. The lowest BCUT2D eigenvalue weighted by molar-refractivity contribution is 0.0698. The second kappa shape index (κ2) is 6.06. The molecular weight excluding hydrogens is 240 g/mol. The Bertz CT molecular complexity index is 459. The molecule has 0 aliphatic carbocycles. The van der Waals surface area contributed by atoms with Crippen LogP contribution in [0.25, 0.3) is 0 Å². The molecule has 0 saturated carbocycles. The van der Waals surface area contributed by atoms with Crippen molar-refractivity contribution in [3.63, 3.8) is 0 Å². The van der Waals surface area contributed by atoms with Gasteiger partial charge in [-0.05, 0) is 44.5 Å². The summed E-state index contributed by atoms with van der Waals surface area (Å²) in [7, 11) is 0. The van der Waals surface area contributed by atoms with E-state index in [0.717, 1.165) is 30.9 Å². The molecule has 0 amide bonds. The van der Waals surface area contributed by atoms with E-state index in [-0.39, 0.29) is 0 Å². The van der Waals surface area contributed by atoms with E-state index in [2.05, 4.69) is 17.1 Å². The summed E-state index contributed by atoms with van der Waals surface area (Å²) in [4.78, 5) is 13.7. The van der Waals surface area contributed by atoms with E-state index >= 15 is 0 Å². The molecule has 0 spiro atoms. The number of hydrogen-bond acceptors (Lipinski definition) is 3. The van der Waals surface area contributed by atoms with Gasteiger partial charge in [-0.1, -0.05) is 19.1 Å². The van der Waals surface area contributed by atoms with Crippen LogP contribution in [0.15, 0.2) is 18.2 Å². The maximum Gasteiger partial charge on any atom is 0.337 e. The molecule has 4 nitrogen and oxygen atoms in total. The molecule has 1 aliphatic heterocycles. The number of nitrogens with one attached hydrogen (secondary N) is 1. The van der Waals surface area contributed by atoms with Crippen molar-refractivity contribution < 1.29 is 9.90 Å². The SMILES string of the molecule is CCN1CCCC1CNc1c(C)cccc1C(=O)O. The first-order chi connectivity index (χ1) is 9.13. The summed E-state index contributed by atoms with van der Waals surface area (Å²) in [6.07, 6.45) is 2.43. The van der Waals surface area contributed by atoms with Crippen molar-refractivity contribution in [2.75, 3.05) is 25.0 Å². The number of para-hydroxylation sites is 1. The highest BCUT2D eigenvalue weighted by molar-refractivity contribution is 5.95. The fourth-order valence-corrected chi connectivity index (χ4v) is 2.84. The molecule has 1 unspecified atom stereocenters. The summed E-state index contributed by atoms with van der Waals surface area (Å²) >= 11 is 0. The molecule has 1 aliphatic rings. The van der Waals surface area contributed by atoms with E-state index in [0.29, 0.717) is 11.6 Å². The Morgan fingerprint density at radius 3 is 3.00 bits per heavy atom. The lowest BCUT2D eigenvalue weighted by Crippen LogP contribution is -2.35. The molecule has 1 heterocycles. The van der Waals surface area contributed by atoms with Gasteiger partial charge in [-0.2, -0.15) is 0 Å². The maximum absolute atomic E-state index is 11.2. The van der Waals surface area contributed by atoms with Crippen LogP contribution in [0.4, 0.5) is 5.69 Å².